The van der Waals surface area contributed by atoms with Gasteiger partial charge >= 0.3 is 5.63 Å². The molecule has 0 saturated carbocycles. The number of likely N-dealkylation sites (N-methyl/N-ethyl adjacent to an activating group) is 1. The summed E-state index contributed by atoms with van der Waals surface area (Å²) in [6.45, 7) is -0.0291. The molecule has 6 nitrogen and oxygen atoms in total. The van der Waals surface area contributed by atoms with E-state index in [-0.39, 0.29) is 12.5 Å². The number of carbonyl (C=O) groups excluding carboxylic acids is 1. The van der Waals surface area contributed by atoms with Gasteiger partial charge in [0.15, 0.2) is 0 Å². The number of hydrogen-bond acceptors (Lipinski definition) is 4. The van der Waals surface area contributed by atoms with Gasteiger partial charge in [-0.25, -0.2) is 4.79 Å². The Bertz CT molecular complexity index is 1200. The van der Waals surface area contributed by atoms with E-state index in [4.69, 9.17) is 16.0 Å². The molecule has 0 aliphatic carbocycles. The number of hydrogen-bond donors (Lipinski definition) is 0. The van der Waals surface area contributed by atoms with Crippen LogP contribution in [0, 0.1) is 0 Å². The third-order valence-corrected chi connectivity index (χ3v) is 4.60. The molecule has 2 aromatic carbocycles. The van der Waals surface area contributed by atoms with Gasteiger partial charge in [-0.05, 0) is 24.3 Å². The second-order valence-corrected chi connectivity index (χ2v) is 6.26. The van der Waals surface area contributed by atoms with Crippen molar-refractivity contribution in [2.45, 2.75) is 6.54 Å². The Morgan fingerprint density at radius 3 is 2.69 bits per heavy atom. The summed E-state index contributed by atoms with van der Waals surface area (Å²) in [5, 5.41) is 5.78. The van der Waals surface area contributed by atoms with Crippen molar-refractivity contribution in [1.29, 1.82) is 0 Å². The first-order chi connectivity index (χ1) is 12.6. The molecular formula is C19H14ClN3O3. The maximum Gasteiger partial charge on any atom is 0.347 e. The minimum atomic E-state index is -0.475. The van der Waals surface area contributed by atoms with Crippen molar-refractivity contribution < 1.29 is 9.21 Å². The van der Waals surface area contributed by atoms with Crippen molar-refractivity contribution in [3.05, 3.63) is 70.2 Å². The molecule has 0 aliphatic heterocycles. The van der Waals surface area contributed by atoms with Gasteiger partial charge < -0.3 is 9.32 Å². The molecule has 130 valence electrons. The predicted molar refractivity (Wildman–Crippen MR) is 101 cm³/mol. The Hall–Kier alpha value is -3.12. The van der Waals surface area contributed by atoms with Crippen LogP contribution < -0.4 is 10.5 Å². The number of nitrogens with zero attached hydrogens (tertiary/aromatic N) is 3. The molecule has 0 atom stereocenters. The van der Waals surface area contributed by atoms with E-state index in [1.165, 1.54) is 15.8 Å². The molecule has 0 unspecified atom stereocenters. The molecule has 0 radical (unpaired) electrons. The van der Waals surface area contributed by atoms with Crippen LogP contribution in [-0.2, 0) is 11.3 Å². The first kappa shape index (κ1) is 16.4. The molecule has 7 heteroatoms. The van der Waals surface area contributed by atoms with Gasteiger partial charge in [0.1, 0.15) is 17.5 Å². The quantitative estimate of drug-likeness (QED) is 0.520. The first-order valence-corrected chi connectivity index (χ1v) is 8.32. The summed E-state index contributed by atoms with van der Waals surface area (Å²) in [6, 6.07) is 14.3. The lowest BCUT2D eigenvalue weighted by Gasteiger charge is -2.18. The molecular weight excluding hydrogens is 354 g/mol. The fourth-order valence-electron chi connectivity index (χ4n) is 2.94. The van der Waals surface area contributed by atoms with Gasteiger partial charge in [0.05, 0.1) is 22.4 Å². The van der Waals surface area contributed by atoms with E-state index in [1.807, 2.05) is 18.2 Å². The highest BCUT2D eigenvalue weighted by atomic mass is 35.5. The second-order valence-electron chi connectivity index (χ2n) is 5.85. The van der Waals surface area contributed by atoms with Crippen LogP contribution in [0.4, 0.5) is 5.69 Å². The molecule has 0 fully saturated rings. The topological polar surface area (TPSA) is 68.3 Å². The van der Waals surface area contributed by atoms with E-state index >= 15 is 0 Å². The molecule has 2 aromatic heterocycles. The molecule has 0 N–H and O–H groups in total. The Balaban J connectivity index is 1.77. The number of aromatic nitrogens is 2. The van der Waals surface area contributed by atoms with E-state index in [9.17, 15) is 9.59 Å². The minimum Gasteiger partial charge on any atom is -0.422 e. The molecule has 0 saturated heterocycles. The molecule has 0 aliphatic rings. The lowest BCUT2D eigenvalue weighted by molar-refractivity contribution is -0.119. The fraction of sp³-hybridized carbons (Fsp3) is 0.105. The SMILES string of the molecule is CN(C(=O)Cn1ncc2c(=O)oc3ccccc3c21)c1ccccc1Cl. The van der Waals surface area contributed by atoms with Crippen molar-refractivity contribution in [1.82, 2.24) is 9.78 Å². The zero-order chi connectivity index (χ0) is 18.3. The molecule has 2 heterocycles. The number of carbonyl (C=O) groups is 1. The summed E-state index contributed by atoms with van der Waals surface area (Å²) in [5.41, 5.74) is 1.17. The van der Waals surface area contributed by atoms with Crippen LogP contribution in [0.1, 0.15) is 0 Å². The molecule has 1 amide bonds. The molecule has 26 heavy (non-hydrogen) atoms. The largest absolute Gasteiger partial charge is 0.422 e. The minimum absolute atomic E-state index is 0.0291. The van der Waals surface area contributed by atoms with Crippen molar-refractivity contribution in [3.8, 4) is 0 Å². The van der Waals surface area contributed by atoms with Gasteiger partial charge in [-0.15, -0.1) is 0 Å². The highest BCUT2D eigenvalue weighted by Gasteiger charge is 2.18. The van der Waals surface area contributed by atoms with Crippen molar-refractivity contribution in [2.75, 3.05) is 11.9 Å². The summed E-state index contributed by atoms with van der Waals surface area (Å²) < 4.78 is 6.82. The smallest absolute Gasteiger partial charge is 0.347 e. The van der Waals surface area contributed by atoms with Gasteiger partial charge in [-0.1, -0.05) is 35.9 Å². The van der Waals surface area contributed by atoms with Crippen LogP contribution >= 0.6 is 11.6 Å². The lowest BCUT2D eigenvalue weighted by atomic mass is 10.2. The Morgan fingerprint density at radius 1 is 1.15 bits per heavy atom. The van der Waals surface area contributed by atoms with Crippen LogP contribution in [0.25, 0.3) is 21.9 Å². The average Bonchev–Trinajstić information content (AvgIpc) is 3.06. The Morgan fingerprint density at radius 2 is 1.88 bits per heavy atom. The monoisotopic (exact) mass is 367 g/mol. The van der Waals surface area contributed by atoms with Crippen molar-refractivity contribution in [2.24, 2.45) is 0 Å². The number of fused-ring (bicyclic) bond motifs is 3. The summed E-state index contributed by atoms with van der Waals surface area (Å²) in [7, 11) is 1.65. The summed E-state index contributed by atoms with van der Waals surface area (Å²) in [6.07, 6.45) is 1.43. The molecule has 0 spiro atoms. The van der Waals surface area contributed by atoms with Crippen molar-refractivity contribution in [3.63, 3.8) is 0 Å². The maximum atomic E-state index is 12.7. The van der Waals surface area contributed by atoms with Crippen LogP contribution in [-0.4, -0.2) is 22.7 Å². The third-order valence-electron chi connectivity index (χ3n) is 4.28. The highest BCUT2D eigenvalue weighted by molar-refractivity contribution is 6.33. The van der Waals surface area contributed by atoms with E-state index in [1.54, 1.807) is 37.4 Å². The van der Waals surface area contributed by atoms with Gasteiger partial charge in [0.2, 0.25) is 5.91 Å². The fourth-order valence-corrected chi connectivity index (χ4v) is 3.20. The van der Waals surface area contributed by atoms with E-state index in [0.717, 1.165) is 5.39 Å². The summed E-state index contributed by atoms with van der Waals surface area (Å²) >= 11 is 6.17. The predicted octanol–water partition coefficient (Wildman–Crippen LogP) is 3.46. The van der Waals surface area contributed by atoms with Crippen LogP contribution in [0.3, 0.4) is 0 Å². The van der Waals surface area contributed by atoms with Gasteiger partial charge in [0, 0.05) is 12.4 Å². The van der Waals surface area contributed by atoms with Gasteiger partial charge in [-0.2, -0.15) is 5.10 Å². The van der Waals surface area contributed by atoms with Crippen molar-refractivity contribution >= 4 is 45.1 Å². The molecule has 4 aromatic rings. The van der Waals surface area contributed by atoms with Crippen LogP contribution in [0.2, 0.25) is 5.02 Å². The zero-order valence-corrected chi connectivity index (χ0v) is 14.6. The maximum absolute atomic E-state index is 12.7. The van der Waals surface area contributed by atoms with E-state index in [2.05, 4.69) is 5.10 Å². The van der Waals surface area contributed by atoms with E-state index in [0.29, 0.717) is 27.2 Å². The average molecular weight is 368 g/mol. The lowest BCUT2D eigenvalue weighted by Crippen LogP contribution is -2.30. The molecule has 0 bridgehead atoms. The van der Waals surface area contributed by atoms with Gasteiger partial charge in [-0.3, -0.25) is 9.48 Å². The number of anilines is 1. The standard InChI is InChI=1S/C19H14ClN3O3/c1-22(15-8-4-3-7-14(15)20)17(24)11-23-18-12-6-2-5-9-16(12)26-19(25)13(18)10-21-23/h2-10H,11H2,1H3. The normalized spacial score (nSPS) is 11.2. The zero-order valence-electron chi connectivity index (χ0n) is 13.8. The number of amides is 1. The summed E-state index contributed by atoms with van der Waals surface area (Å²) in [4.78, 5) is 26.4. The second kappa shape index (κ2) is 6.31. The first-order valence-electron chi connectivity index (χ1n) is 7.94. The number of halogens is 1. The van der Waals surface area contributed by atoms with Gasteiger partial charge in [0.25, 0.3) is 0 Å². The number of para-hydroxylation sites is 2. The van der Waals surface area contributed by atoms with Crippen LogP contribution in [0.5, 0.6) is 0 Å². The Kier molecular flexibility index (Phi) is 3.97. The summed E-state index contributed by atoms with van der Waals surface area (Å²) in [5.74, 6) is -0.208. The highest BCUT2D eigenvalue weighted by Crippen LogP contribution is 2.25. The van der Waals surface area contributed by atoms with E-state index < -0.39 is 5.63 Å². The molecule has 4 rings (SSSR count). The Labute approximate surface area is 153 Å². The third kappa shape index (κ3) is 2.64. The number of benzene rings is 2. The van der Waals surface area contributed by atoms with Crippen LogP contribution in [0.15, 0.2) is 63.9 Å². The number of rotatable bonds is 3.